The van der Waals surface area contributed by atoms with Crippen molar-refractivity contribution in [3.05, 3.63) is 0 Å². The van der Waals surface area contributed by atoms with Crippen LogP contribution in [0.25, 0.3) is 0 Å². The third-order valence-electron chi connectivity index (χ3n) is 2.37. The number of carbonyl (C=O) groups excluding carboxylic acids is 1. The number of carbonyl (C=O) groups is 1. The molecule has 1 N–H and O–H groups in total. The minimum absolute atomic E-state index is 0.0988. The first-order valence-electron chi connectivity index (χ1n) is 5.38. The Bertz CT molecular complexity index is 448. The Morgan fingerprint density at radius 3 is 3.18 bits per heavy atom. The molecule has 1 heterocycles. The van der Waals surface area contributed by atoms with Crippen LogP contribution < -0.4 is 5.32 Å². The zero-order valence-corrected chi connectivity index (χ0v) is 10.3. The van der Waals surface area contributed by atoms with Crippen molar-refractivity contribution in [2.24, 2.45) is 0 Å². The standard InChI is InChI=1S/C10H13N5OS/c1-3-6-11-9(16)7(2)17-10-12-13-14-15(10)8-4-5-8/h1,7-8H,4-6H2,2H3,(H,11,16). The molecule has 1 fully saturated rings. The van der Waals surface area contributed by atoms with Crippen molar-refractivity contribution in [2.45, 2.75) is 36.2 Å². The summed E-state index contributed by atoms with van der Waals surface area (Å²) in [5.41, 5.74) is 0. The fourth-order valence-corrected chi connectivity index (χ4v) is 2.19. The number of rotatable bonds is 5. The third-order valence-corrected chi connectivity index (χ3v) is 3.42. The topological polar surface area (TPSA) is 72.7 Å². The maximum Gasteiger partial charge on any atom is 0.234 e. The van der Waals surface area contributed by atoms with Crippen molar-refractivity contribution in [2.75, 3.05) is 6.54 Å². The molecule has 1 aliphatic rings. The summed E-state index contributed by atoms with van der Waals surface area (Å²) in [4.78, 5) is 11.6. The molecule has 1 amide bonds. The second kappa shape index (κ2) is 5.19. The summed E-state index contributed by atoms with van der Waals surface area (Å²) in [6.07, 6.45) is 7.29. The Morgan fingerprint density at radius 2 is 2.53 bits per heavy atom. The molecular weight excluding hydrogens is 238 g/mol. The molecule has 1 unspecified atom stereocenters. The molecule has 0 saturated heterocycles. The van der Waals surface area contributed by atoms with Crippen molar-refractivity contribution in [3.63, 3.8) is 0 Å². The SMILES string of the molecule is C#CCNC(=O)C(C)Sc1nnnn1C1CC1. The Hall–Kier alpha value is -1.55. The number of thioether (sulfide) groups is 1. The summed E-state index contributed by atoms with van der Waals surface area (Å²) in [6, 6.07) is 0.411. The van der Waals surface area contributed by atoms with Gasteiger partial charge in [0, 0.05) is 0 Å². The van der Waals surface area contributed by atoms with Crippen LogP contribution in [0.1, 0.15) is 25.8 Å². The molecule has 6 nitrogen and oxygen atoms in total. The highest BCUT2D eigenvalue weighted by Crippen LogP contribution is 2.37. The lowest BCUT2D eigenvalue weighted by molar-refractivity contribution is -0.120. The summed E-state index contributed by atoms with van der Waals surface area (Å²) in [7, 11) is 0. The fourth-order valence-electron chi connectivity index (χ4n) is 1.30. The van der Waals surface area contributed by atoms with Gasteiger partial charge in [-0.3, -0.25) is 4.79 Å². The molecule has 1 aromatic rings. The molecule has 2 rings (SSSR count). The predicted molar refractivity (Wildman–Crippen MR) is 63.2 cm³/mol. The van der Waals surface area contributed by atoms with Gasteiger partial charge in [-0.2, -0.15) is 0 Å². The highest BCUT2D eigenvalue weighted by Gasteiger charge is 2.29. The number of hydrogen-bond acceptors (Lipinski definition) is 5. The van der Waals surface area contributed by atoms with Crippen molar-refractivity contribution >= 4 is 17.7 Å². The fraction of sp³-hybridized carbons (Fsp3) is 0.600. The monoisotopic (exact) mass is 251 g/mol. The highest BCUT2D eigenvalue weighted by atomic mass is 32.2. The molecule has 0 aliphatic heterocycles. The normalized spacial score (nSPS) is 16.2. The van der Waals surface area contributed by atoms with E-state index < -0.39 is 0 Å². The maximum absolute atomic E-state index is 11.6. The summed E-state index contributed by atoms with van der Waals surface area (Å²) in [6.45, 7) is 2.06. The van der Waals surface area contributed by atoms with E-state index in [2.05, 4.69) is 26.8 Å². The quantitative estimate of drug-likeness (QED) is 0.599. The second-order valence-electron chi connectivity index (χ2n) is 3.82. The number of aromatic nitrogens is 4. The smallest absolute Gasteiger partial charge is 0.234 e. The molecule has 0 radical (unpaired) electrons. The van der Waals surface area contributed by atoms with Crippen molar-refractivity contribution < 1.29 is 4.79 Å². The van der Waals surface area contributed by atoms with Crippen LogP contribution in [0.5, 0.6) is 0 Å². The molecule has 1 atom stereocenters. The first-order chi connectivity index (χ1) is 8.22. The van der Waals surface area contributed by atoms with E-state index >= 15 is 0 Å². The molecule has 90 valence electrons. The molecule has 17 heavy (non-hydrogen) atoms. The third kappa shape index (κ3) is 2.97. The zero-order valence-electron chi connectivity index (χ0n) is 9.46. The Kier molecular flexibility index (Phi) is 3.64. The number of amides is 1. The van der Waals surface area contributed by atoms with E-state index in [-0.39, 0.29) is 17.7 Å². The molecule has 0 aromatic carbocycles. The van der Waals surface area contributed by atoms with E-state index in [1.165, 1.54) is 11.8 Å². The molecule has 0 spiro atoms. The first-order valence-corrected chi connectivity index (χ1v) is 6.26. The number of hydrogen-bond donors (Lipinski definition) is 1. The molecule has 7 heteroatoms. The van der Waals surface area contributed by atoms with Gasteiger partial charge >= 0.3 is 0 Å². The Labute approximate surface area is 104 Å². The van der Waals surface area contributed by atoms with Crippen LogP contribution in [0.15, 0.2) is 5.16 Å². The van der Waals surface area contributed by atoms with E-state index in [0.717, 1.165) is 12.8 Å². The van der Waals surface area contributed by atoms with Crippen LogP contribution >= 0.6 is 11.8 Å². The van der Waals surface area contributed by atoms with E-state index in [1.807, 2.05) is 6.92 Å². The number of nitrogens with zero attached hydrogens (tertiary/aromatic N) is 4. The van der Waals surface area contributed by atoms with Gasteiger partial charge in [-0.15, -0.1) is 11.5 Å². The van der Waals surface area contributed by atoms with Crippen LogP contribution in [0.3, 0.4) is 0 Å². The van der Waals surface area contributed by atoms with Gasteiger partial charge in [0.25, 0.3) is 0 Å². The largest absolute Gasteiger partial charge is 0.344 e. The summed E-state index contributed by atoms with van der Waals surface area (Å²) in [5, 5.41) is 14.6. The average molecular weight is 251 g/mol. The van der Waals surface area contributed by atoms with Gasteiger partial charge in [-0.25, -0.2) is 4.68 Å². The number of nitrogens with one attached hydrogen (secondary N) is 1. The Morgan fingerprint density at radius 1 is 1.76 bits per heavy atom. The van der Waals surface area contributed by atoms with E-state index in [9.17, 15) is 4.79 Å². The summed E-state index contributed by atoms with van der Waals surface area (Å²) >= 11 is 1.35. The first kappa shape index (κ1) is 11.9. The van der Waals surface area contributed by atoms with Crippen LogP contribution in [0, 0.1) is 12.3 Å². The van der Waals surface area contributed by atoms with Crippen molar-refractivity contribution in [1.82, 2.24) is 25.5 Å². The van der Waals surface area contributed by atoms with Gasteiger partial charge in [-0.05, 0) is 30.2 Å². The number of terminal acetylenes is 1. The second-order valence-corrected chi connectivity index (χ2v) is 5.13. The van der Waals surface area contributed by atoms with E-state index in [4.69, 9.17) is 6.42 Å². The zero-order chi connectivity index (χ0) is 12.3. The van der Waals surface area contributed by atoms with Crippen LogP contribution in [-0.2, 0) is 4.79 Å². The lowest BCUT2D eigenvalue weighted by Gasteiger charge is -2.09. The minimum Gasteiger partial charge on any atom is -0.344 e. The van der Waals surface area contributed by atoms with Crippen LogP contribution in [-0.4, -0.2) is 37.9 Å². The van der Waals surface area contributed by atoms with Gasteiger partial charge in [-0.1, -0.05) is 17.7 Å². The molecule has 1 saturated carbocycles. The molecule has 0 bridgehead atoms. The Balaban J connectivity index is 1.93. The van der Waals surface area contributed by atoms with Crippen LogP contribution in [0.2, 0.25) is 0 Å². The maximum atomic E-state index is 11.6. The lowest BCUT2D eigenvalue weighted by atomic mass is 10.4. The highest BCUT2D eigenvalue weighted by molar-refractivity contribution is 8.00. The summed E-state index contributed by atoms with van der Waals surface area (Å²) in [5.74, 6) is 2.27. The van der Waals surface area contributed by atoms with Gasteiger partial charge in [0.1, 0.15) is 0 Å². The van der Waals surface area contributed by atoms with Crippen LogP contribution in [0.4, 0.5) is 0 Å². The van der Waals surface area contributed by atoms with Gasteiger partial charge < -0.3 is 5.32 Å². The van der Waals surface area contributed by atoms with Gasteiger partial charge in [0.15, 0.2) is 0 Å². The van der Waals surface area contributed by atoms with E-state index in [0.29, 0.717) is 11.2 Å². The van der Waals surface area contributed by atoms with Gasteiger partial charge in [0.2, 0.25) is 11.1 Å². The average Bonchev–Trinajstić information content (AvgIpc) is 3.07. The lowest BCUT2D eigenvalue weighted by Crippen LogP contribution is -2.31. The minimum atomic E-state index is -0.258. The molecule has 1 aliphatic carbocycles. The predicted octanol–water partition coefficient (Wildman–Crippen LogP) is 0.238. The van der Waals surface area contributed by atoms with Crippen molar-refractivity contribution in [3.8, 4) is 12.3 Å². The summed E-state index contributed by atoms with van der Waals surface area (Å²) < 4.78 is 1.79. The molecular formula is C10H13N5OS. The van der Waals surface area contributed by atoms with Gasteiger partial charge in [0.05, 0.1) is 17.8 Å². The van der Waals surface area contributed by atoms with Crippen molar-refractivity contribution in [1.29, 1.82) is 0 Å². The number of tetrazole rings is 1. The molecule has 1 aromatic heterocycles. The van der Waals surface area contributed by atoms with E-state index in [1.54, 1.807) is 4.68 Å².